The third kappa shape index (κ3) is 2.47. The van der Waals surface area contributed by atoms with E-state index in [4.69, 9.17) is 22.2 Å². The van der Waals surface area contributed by atoms with Crippen LogP contribution in [0.25, 0.3) is 5.57 Å². The van der Waals surface area contributed by atoms with Crippen LogP contribution >= 0.6 is 12.2 Å². The minimum absolute atomic E-state index is 0.364. The zero-order valence-corrected chi connectivity index (χ0v) is 12.1. The number of thiocarbonyl (C=S) groups is 1. The van der Waals surface area contributed by atoms with Gasteiger partial charge in [-0.25, -0.2) is 0 Å². The molecule has 3 nitrogen and oxygen atoms in total. The number of ether oxygens (including phenoxy) is 1. The first-order valence-electron chi connectivity index (χ1n) is 6.21. The Balaban J connectivity index is 2.61. The van der Waals surface area contributed by atoms with Crippen LogP contribution in [0.4, 0.5) is 0 Å². The molecule has 1 unspecified atom stereocenters. The van der Waals surface area contributed by atoms with E-state index < -0.39 is 0 Å². The SMILES string of the molecule is CCC1(C)C=C(C(=S)NC)c2cc(C#N)ccc2O1. The van der Waals surface area contributed by atoms with Gasteiger partial charge in [-0.1, -0.05) is 19.1 Å². The first-order chi connectivity index (χ1) is 9.03. The molecular formula is C15H16N2OS. The second-order valence-electron chi connectivity index (χ2n) is 4.73. The summed E-state index contributed by atoms with van der Waals surface area (Å²) in [6, 6.07) is 7.57. The molecule has 0 saturated heterocycles. The van der Waals surface area contributed by atoms with Gasteiger partial charge in [-0.2, -0.15) is 5.26 Å². The molecule has 1 aromatic rings. The lowest BCUT2D eigenvalue weighted by atomic mass is 9.91. The third-order valence-corrected chi connectivity index (χ3v) is 3.79. The van der Waals surface area contributed by atoms with Gasteiger partial charge in [0, 0.05) is 18.2 Å². The van der Waals surface area contributed by atoms with Gasteiger partial charge in [-0.3, -0.25) is 0 Å². The highest BCUT2D eigenvalue weighted by Crippen LogP contribution is 2.38. The van der Waals surface area contributed by atoms with Gasteiger partial charge in [0.1, 0.15) is 16.3 Å². The normalized spacial score (nSPS) is 20.6. The Bertz CT molecular complexity index is 601. The molecule has 0 fully saturated rings. The predicted molar refractivity (Wildman–Crippen MR) is 80.1 cm³/mol. The van der Waals surface area contributed by atoms with E-state index in [1.54, 1.807) is 13.1 Å². The summed E-state index contributed by atoms with van der Waals surface area (Å²) in [7, 11) is 1.80. The summed E-state index contributed by atoms with van der Waals surface area (Å²) in [5, 5.41) is 12.0. The summed E-state index contributed by atoms with van der Waals surface area (Å²) in [6.45, 7) is 4.11. The van der Waals surface area contributed by atoms with E-state index in [2.05, 4.69) is 18.3 Å². The van der Waals surface area contributed by atoms with Crippen molar-refractivity contribution in [2.75, 3.05) is 7.05 Å². The molecule has 0 bridgehead atoms. The molecule has 2 rings (SSSR count). The van der Waals surface area contributed by atoms with Gasteiger partial charge in [0.05, 0.1) is 11.6 Å². The van der Waals surface area contributed by atoms with E-state index in [0.717, 1.165) is 23.3 Å². The van der Waals surface area contributed by atoms with Crippen molar-refractivity contribution in [3.8, 4) is 11.8 Å². The number of hydrogen-bond acceptors (Lipinski definition) is 3. The largest absolute Gasteiger partial charge is 0.483 e. The van der Waals surface area contributed by atoms with E-state index in [9.17, 15) is 0 Å². The van der Waals surface area contributed by atoms with E-state index >= 15 is 0 Å². The Labute approximate surface area is 118 Å². The minimum Gasteiger partial charge on any atom is -0.483 e. The average Bonchev–Trinajstić information content (AvgIpc) is 2.45. The highest BCUT2D eigenvalue weighted by Gasteiger charge is 2.30. The van der Waals surface area contributed by atoms with Crippen molar-refractivity contribution in [1.82, 2.24) is 5.32 Å². The van der Waals surface area contributed by atoms with Gasteiger partial charge in [0.25, 0.3) is 0 Å². The Hall–Kier alpha value is -1.86. The van der Waals surface area contributed by atoms with Crippen LogP contribution in [0.15, 0.2) is 24.3 Å². The number of benzene rings is 1. The molecule has 0 radical (unpaired) electrons. The van der Waals surface area contributed by atoms with E-state index in [-0.39, 0.29) is 5.60 Å². The topological polar surface area (TPSA) is 45.0 Å². The van der Waals surface area contributed by atoms with E-state index in [1.807, 2.05) is 25.1 Å². The Morgan fingerprint density at radius 1 is 1.53 bits per heavy atom. The first-order valence-corrected chi connectivity index (χ1v) is 6.62. The van der Waals surface area contributed by atoms with Gasteiger partial charge < -0.3 is 10.1 Å². The quantitative estimate of drug-likeness (QED) is 0.840. The summed E-state index contributed by atoms with van der Waals surface area (Å²) in [5.74, 6) is 0.776. The fourth-order valence-electron chi connectivity index (χ4n) is 2.06. The number of hydrogen-bond donors (Lipinski definition) is 1. The molecule has 1 aromatic carbocycles. The van der Waals surface area contributed by atoms with Crippen molar-refractivity contribution in [3.05, 3.63) is 35.4 Å². The molecule has 0 saturated carbocycles. The van der Waals surface area contributed by atoms with E-state index in [0.29, 0.717) is 10.6 Å². The summed E-state index contributed by atoms with van der Waals surface area (Å²) in [6.07, 6.45) is 2.89. The lowest BCUT2D eigenvalue weighted by molar-refractivity contribution is 0.133. The molecule has 1 heterocycles. The molecule has 19 heavy (non-hydrogen) atoms. The maximum Gasteiger partial charge on any atom is 0.128 e. The number of fused-ring (bicyclic) bond motifs is 1. The zero-order valence-electron chi connectivity index (χ0n) is 11.3. The molecule has 1 atom stereocenters. The van der Waals surface area contributed by atoms with Crippen molar-refractivity contribution in [2.45, 2.75) is 25.9 Å². The molecule has 98 valence electrons. The van der Waals surface area contributed by atoms with Crippen LogP contribution < -0.4 is 10.1 Å². The lowest BCUT2D eigenvalue weighted by Crippen LogP contribution is -2.34. The Kier molecular flexibility index (Phi) is 3.59. The lowest BCUT2D eigenvalue weighted by Gasteiger charge is -2.33. The molecule has 0 aliphatic carbocycles. The molecule has 0 amide bonds. The van der Waals surface area contributed by atoms with Crippen LogP contribution in [-0.4, -0.2) is 17.6 Å². The van der Waals surface area contributed by atoms with Crippen molar-refractivity contribution in [1.29, 1.82) is 5.26 Å². The standard InChI is InChI=1S/C15H16N2OS/c1-4-15(2)8-12(14(19)17-3)11-7-10(9-16)5-6-13(11)18-15/h5-8H,4H2,1-3H3,(H,17,19). The Morgan fingerprint density at radius 2 is 2.26 bits per heavy atom. The van der Waals surface area contributed by atoms with Crippen molar-refractivity contribution in [3.63, 3.8) is 0 Å². The summed E-state index contributed by atoms with van der Waals surface area (Å²) >= 11 is 5.36. The van der Waals surface area contributed by atoms with Crippen LogP contribution in [0.5, 0.6) is 5.75 Å². The number of nitrogens with one attached hydrogen (secondary N) is 1. The number of likely N-dealkylation sites (N-methyl/N-ethyl adjacent to an activating group) is 1. The molecule has 4 heteroatoms. The predicted octanol–water partition coefficient (Wildman–Crippen LogP) is 3.05. The molecule has 0 aromatic heterocycles. The monoisotopic (exact) mass is 272 g/mol. The second kappa shape index (κ2) is 5.02. The number of nitrogens with zero attached hydrogens (tertiary/aromatic N) is 1. The van der Waals surface area contributed by atoms with Crippen LogP contribution in [0.2, 0.25) is 0 Å². The van der Waals surface area contributed by atoms with Gasteiger partial charge in [0.15, 0.2) is 0 Å². The van der Waals surface area contributed by atoms with Crippen LogP contribution in [-0.2, 0) is 0 Å². The summed E-state index contributed by atoms with van der Waals surface area (Å²) in [5.41, 5.74) is 2.05. The minimum atomic E-state index is -0.364. The highest BCUT2D eigenvalue weighted by atomic mass is 32.1. The third-order valence-electron chi connectivity index (χ3n) is 3.37. The Morgan fingerprint density at radius 3 is 2.84 bits per heavy atom. The van der Waals surface area contributed by atoms with Crippen LogP contribution in [0.3, 0.4) is 0 Å². The van der Waals surface area contributed by atoms with Gasteiger partial charge in [0.2, 0.25) is 0 Å². The maximum absolute atomic E-state index is 9.01. The highest BCUT2D eigenvalue weighted by molar-refractivity contribution is 7.81. The molecule has 1 aliphatic rings. The molecule has 1 N–H and O–H groups in total. The average molecular weight is 272 g/mol. The molecular weight excluding hydrogens is 256 g/mol. The van der Waals surface area contributed by atoms with Gasteiger partial charge in [-0.05, 0) is 37.6 Å². The first kappa shape index (κ1) is 13.6. The smallest absolute Gasteiger partial charge is 0.128 e. The van der Waals surface area contributed by atoms with Crippen LogP contribution in [0, 0.1) is 11.3 Å². The summed E-state index contributed by atoms with van der Waals surface area (Å²) < 4.78 is 6.02. The number of nitriles is 1. The fourth-order valence-corrected chi connectivity index (χ4v) is 2.23. The zero-order chi connectivity index (χ0) is 14.0. The van der Waals surface area contributed by atoms with Crippen molar-refractivity contribution in [2.24, 2.45) is 0 Å². The van der Waals surface area contributed by atoms with Crippen molar-refractivity contribution >= 4 is 22.8 Å². The van der Waals surface area contributed by atoms with Gasteiger partial charge in [-0.15, -0.1) is 0 Å². The van der Waals surface area contributed by atoms with Crippen molar-refractivity contribution < 1.29 is 4.74 Å². The molecule has 0 spiro atoms. The van der Waals surface area contributed by atoms with Gasteiger partial charge >= 0.3 is 0 Å². The summed E-state index contributed by atoms with van der Waals surface area (Å²) in [4.78, 5) is 0.666. The van der Waals surface area contributed by atoms with E-state index in [1.165, 1.54) is 0 Å². The second-order valence-corrected chi connectivity index (χ2v) is 5.14. The maximum atomic E-state index is 9.01. The van der Waals surface area contributed by atoms with Crippen LogP contribution in [0.1, 0.15) is 31.4 Å². The fraction of sp³-hybridized carbons (Fsp3) is 0.333. The molecule has 1 aliphatic heterocycles. The number of rotatable bonds is 2.